The number of nitrogens with one attached hydrogen (secondary N) is 1. The van der Waals surface area contributed by atoms with Crippen LogP contribution in [0.4, 0.5) is 17.2 Å². The second kappa shape index (κ2) is 5.81. The minimum absolute atomic E-state index is 0.0456. The minimum Gasteiger partial charge on any atom is -0.335 e. The first-order valence-electron chi connectivity index (χ1n) is 6.46. The highest BCUT2D eigenvalue weighted by Gasteiger charge is 2.21. The largest absolute Gasteiger partial charge is 0.335 e. The first-order chi connectivity index (χ1) is 9.77. The van der Waals surface area contributed by atoms with Crippen LogP contribution < -0.4 is 5.32 Å². The second-order valence-electron chi connectivity index (χ2n) is 5.71. The van der Waals surface area contributed by atoms with Crippen molar-refractivity contribution < 1.29 is 4.92 Å². The standard InChI is InChI=1S/C15H16BrN3O2/c1-15(2,3)10-7-8-11(12(9-10)19(20)21)17-14-6-4-5-13(16)18-14/h4-9H,1-3H3,(H,17,18). The number of pyridine rings is 1. The van der Waals surface area contributed by atoms with Crippen LogP contribution in [0.5, 0.6) is 0 Å². The fourth-order valence-electron chi connectivity index (χ4n) is 1.87. The summed E-state index contributed by atoms with van der Waals surface area (Å²) in [5, 5.41) is 14.3. The van der Waals surface area contributed by atoms with Gasteiger partial charge in [0.2, 0.25) is 0 Å². The third kappa shape index (κ3) is 3.78. The number of nitro benzene ring substituents is 1. The Morgan fingerprint density at radius 1 is 1.24 bits per heavy atom. The van der Waals surface area contributed by atoms with Gasteiger partial charge < -0.3 is 5.32 Å². The van der Waals surface area contributed by atoms with Gasteiger partial charge in [0, 0.05) is 6.07 Å². The summed E-state index contributed by atoms with van der Waals surface area (Å²) in [6.45, 7) is 6.07. The Kier molecular flexibility index (Phi) is 4.27. The zero-order valence-corrected chi connectivity index (χ0v) is 13.6. The first kappa shape index (κ1) is 15.4. The van der Waals surface area contributed by atoms with Crippen LogP contribution in [-0.2, 0) is 5.41 Å². The van der Waals surface area contributed by atoms with Gasteiger partial charge in [-0.1, -0.05) is 32.9 Å². The molecule has 1 heterocycles. The highest BCUT2D eigenvalue weighted by molar-refractivity contribution is 9.10. The summed E-state index contributed by atoms with van der Waals surface area (Å²) in [5.74, 6) is 0.552. The Morgan fingerprint density at radius 2 is 1.95 bits per heavy atom. The molecule has 0 radical (unpaired) electrons. The molecule has 0 aliphatic carbocycles. The van der Waals surface area contributed by atoms with Gasteiger partial charge in [0.15, 0.2) is 0 Å². The third-order valence-corrected chi connectivity index (χ3v) is 3.48. The van der Waals surface area contributed by atoms with Crippen LogP contribution in [0.1, 0.15) is 26.3 Å². The smallest absolute Gasteiger partial charge is 0.293 e. The average molecular weight is 350 g/mol. The lowest BCUT2D eigenvalue weighted by molar-refractivity contribution is -0.384. The maximum atomic E-state index is 11.3. The average Bonchev–Trinajstić information content (AvgIpc) is 2.37. The molecule has 0 spiro atoms. The van der Waals surface area contributed by atoms with Crippen molar-refractivity contribution in [1.82, 2.24) is 4.98 Å². The zero-order chi connectivity index (χ0) is 15.6. The van der Waals surface area contributed by atoms with Crippen LogP contribution in [0.2, 0.25) is 0 Å². The molecule has 21 heavy (non-hydrogen) atoms. The molecule has 0 fully saturated rings. The van der Waals surface area contributed by atoms with Gasteiger partial charge in [-0.3, -0.25) is 10.1 Å². The summed E-state index contributed by atoms with van der Waals surface area (Å²) >= 11 is 3.28. The summed E-state index contributed by atoms with van der Waals surface area (Å²) in [6.07, 6.45) is 0. The molecule has 0 aliphatic heterocycles. The van der Waals surface area contributed by atoms with Crippen molar-refractivity contribution in [3.05, 3.63) is 56.7 Å². The summed E-state index contributed by atoms with van der Waals surface area (Å²) < 4.78 is 0.668. The van der Waals surface area contributed by atoms with Gasteiger partial charge in [-0.2, -0.15) is 0 Å². The number of benzene rings is 1. The van der Waals surface area contributed by atoms with E-state index in [1.54, 1.807) is 24.3 Å². The molecule has 1 aromatic carbocycles. The maximum Gasteiger partial charge on any atom is 0.293 e. The van der Waals surface area contributed by atoms with Gasteiger partial charge in [0.25, 0.3) is 5.69 Å². The van der Waals surface area contributed by atoms with Crippen molar-refractivity contribution in [3.63, 3.8) is 0 Å². The molecule has 1 aromatic heterocycles. The van der Waals surface area contributed by atoms with E-state index in [4.69, 9.17) is 0 Å². The van der Waals surface area contributed by atoms with Gasteiger partial charge in [-0.15, -0.1) is 0 Å². The number of hydrogen-bond acceptors (Lipinski definition) is 4. The van der Waals surface area contributed by atoms with Crippen LogP contribution in [0.15, 0.2) is 41.0 Å². The van der Waals surface area contributed by atoms with Crippen LogP contribution >= 0.6 is 15.9 Å². The van der Waals surface area contributed by atoms with E-state index in [0.29, 0.717) is 16.1 Å². The number of halogens is 1. The van der Waals surface area contributed by atoms with Crippen molar-refractivity contribution in [2.45, 2.75) is 26.2 Å². The lowest BCUT2D eigenvalue weighted by atomic mass is 9.86. The van der Waals surface area contributed by atoms with Crippen molar-refractivity contribution in [3.8, 4) is 0 Å². The fraction of sp³-hybridized carbons (Fsp3) is 0.267. The lowest BCUT2D eigenvalue weighted by Gasteiger charge is -2.19. The second-order valence-corrected chi connectivity index (χ2v) is 6.52. The van der Waals surface area contributed by atoms with E-state index in [1.807, 2.05) is 32.9 Å². The molecule has 110 valence electrons. The van der Waals surface area contributed by atoms with Gasteiger partial charge in [0.05, 0.1) is 4.92 Å². The Balaban J connectivity index is 2.42. The van der Waals surface area contributed by atoms with Gasteiger partial charge in [-0.05, 0) is 45.1 Å². The number of nitro groups is 1. The zero-order valence-electron chi connectivity index (χ0n) is 12.1. The van der Waals surface area contributed by atoms with E-state index < -0.39 is 0 Å². The number of anilines is 2. The lowest BCUT2D eigenvalue weighted by Crippen LogP contribution is -2.11. The summed E-state index contributed by atoms with van der Waals surface area (Å²) in [6, 6.07) is 10.6. The fourth-order valence-corrected chi connectivity index (χ4v) is 2.21. The predicted octanol–water partition coefficient (Wildman–Crippen LogP) is 4.79. The Labute approximate surface area is 131 Å². The Hall–Kier alpha value is -1.95. The molecule has 6 heteroatoms. The van der Waals surface area contributed by atoms with Gasteiger partial charge in [0.1, 0.15) is 16.1 Å². The quantitative estimate of drug-likeness (QED) is 0.491. The summed E-state index contributed by atoms with van der Waals surface area (Å²) in [4.78, 5) is 15.1. The van der Waals surface area contributed by atoms with E-state index in [0.717, 1.165) is 5.56 Å². The van der Waals surface area contributed by atoms with Gasteiger partial charge in [-0.25, -0.2) is 4.98 Å². The monoisotopic (exact) mass is 349 g/mol. The molecule has 0 unspecified atom stereocenters. The topological polar surface area (TPSA) is 68.1 Å². The summed E-state index contributed by atoms with van der Waals surface area (Å²) in [7, 11) is 0. The van der Waals surface area contributed by atoms with Crippen molar-refractivity contribution >= 4 is 33.1 Å². The van der Waals surface area contributed by atoms with Crippen LogP contribution in [0, 0.1) is 10.1 Å². The van der Waals surface area contributed by atoms with E-state index >= 15 is 0 Å². The summed E-state index contributed by atoms with van der Waals surface area (Å²) in [5.41, 5.74) is 1.25. The normalized spacial score (nSPS) is 11.2. The van der Waals surface area contributed by atoms with E-state index in [1.165, 1.54) is 0 Å². The van der Waals surface area contributed by atoms with Crippen molar-refractivity contribution in [2.24, 2.45) is 0 Å². The van der Waals surface area contributed by atoms with Crippen LogP contribution in [0.3, 0.4) is 0 Å². The number of hydrogen-bond donors (Lipinski definition) is 1. The van der Waals surface area contributed by atoms with E-state index in [-0.39, 0.29) is 16.0 Å². The minimum atomic E-state index is -0.379. The van der Waals surface area contributed by atoms with E-state index in [2.05, 4.69) is 26.2 Å². The molecular formula is C15H16BrN3O2. The first-order valence-corrected chi connectivity index (χ1v) is 7.25. The molecule has 0 saturated carbocycles. The SMILES string of the molecule is CC(C)(C)c1ccc(Nc2cccc(Br)n2)c([N+](=O)[O-])c1. The van der Waals surface area contributed by atoms with Crippen LogP contribution in [0.25, 0.3) is 0 Å². The van der Waals surface area contributed by atoms with Crippen LogP contribution in [-0.4, -0.2) is 9.91 Å². The molecule has 2 aromatic rings. The van der Waals surface area contributed by atoms with Crippen molar-refractivity contribution in [1.29, 1.82) is 0 Å². The molecule has 0 atom stereocenters. The molecule has 0 amide bonds. The molecule has 1 N–H and O–H groups in total. The highest BCUT2D eigenvalue weighted by Crippen LogP contribution is 2.32. The van der Waals surface area contributed by atoms with E-state index in [9.17, 15) is 10.1 Å². The van der Waals surface area contributed by atoms with Crippen molar-refractivity contribution in [2.75, 3.05) is 5.32 Å². The highest BCUT2D eigenvalue weighted by atomic mass is 79.9. The number of rotatable bonds is 3. The molecule has 0 aliphatic rings. The molecule has 0 saturated heterocycles. The van der Waals surface area contributed by atoms with Gasteiger partial charge >= 0.3 is 0 Å². The number of aromatic nitrogens is 1. The molecular weight excluding hydrogens is 334 g/mol. The molecule has 2 rings (SSSR count). The molecule has 0 bridgehead atoms. The Bertz CT molecular complexity index is 681. The Morgan fingerprint density at radius 3 is 2.52 bits per heavy atom. The number of nitrogens with zero attached hydrogens (tertiary/aromatic N) is 2. The maximum absolute atomic E-state index is 11.3. The predicted molar refractivity (Wildman–Crippen MR) is 87.0 cm³/mol. The third-order valence-electron chi connectivity index (χ3n) is 3.04. The molecule has 5 nitrogen and oxygen atoms in total.